The number of furan rings is 1. The van der Waals surface area contributed by atoms with Crippen molar-refractivity contribution in [1.29, 1.82) is 0 Å². The van der Waals surface area contributed by atoms with E-state index in [1.165, 1.54) is 18.2 Å². The summed E-state index contributed by atoms with van der Waals surface area (Å²) in [4.78, 5) is 36.4. The first kappa shape index (κ1) is 16.9. The topological polar surface area (TPSA) is 84.6 Å². The summed E-state index contributed by atoms with van der Waals surface area (Å²) in [5.41, 5.74) is 0.887. The molecule has 0 aliphatic heterocycles. The molecule has 24 heavy (non-hydrogen) atoms. The summed E-state index contributed by atoms with van der Waals surface area (Å²) in [6.07, 6.45) is 2.96. The van der Waals surface area contributed by atoms with E-state index in [0.29, 0.717) is 32.3 Å². The van der Waals surface area contributed by atoms with Crippen LogP contribution in [0.2, 0.25) is 0 Å². The zero-order valence-electron chi connectivity index (χ0n) is 12.4. The van der Waals surface area contributed by atoms with Crippen LogP contribution >= 0.6 is 31.9 Å². The SMILES string of the molecule is CCc1oc2c(c1C(=O)c1cc(Br)c(O)c(Br)c1)C=CC(=O)C2=O. The number of rotatable bonds is 3. The molecule has 3 rings (SSSR count). The van der Waals surface area contributed by atoms with E-state index in [2.05, 4.69) is 31.9 Å². The smallest absolute Gasteiger partial charge is 0.268 e. The fraction of sp³-hybridized carbons (Fsp3) is 0.118. The number of fused-ring (bicyclic) bond motifs is 1. The van der Waals surface area contributed by atoms with Crippen LogP contribution in [0.1, 0.15) is 44.7 Å². The van der Waals surface area contributed by atoms with E-state index in [1.54, 1.807) is 6.92 Å². The highest BCUT2D eigenvalue weighted by atomic mass is 79.9. The number of hydrogen-bond donors (Lipinski definition) is 1. The number of phenolic OH excluding ortho intramolecular Hbond substituents is 1. The first-order valence-electron chi connectivity index (χ1n) is 7.00. The molecule has 0 saturated heterocycles. The average Bonchev–Trinajstić information content (AvgIpc) is 2.94. The number of ketones is 3. The van der Waals surface area contributed by atoms with Gasteiger partial charge in [0.1, 0.15) is 11.5 Å². The first-order valence-corrected chi connectivity index (χ1v) is 8.58. The van der Waals surface area contributed by atoms with Crippen molar-refractivity contribution >= 4 is 55.3 Å². The molecule has 0 bridgehead atoms. The Labute approximate surface area is 153 Å². The quantitative estimate of drug-likeness (QED) is 0.559. The second kappa shape index (κ2) is 6.14. The van der Waals surface area contributed by atoms with Crippen LogP contribution in [0.3, 0.4) is 0 Å². The molecular formula is C17H10Br2O5. The Morgan fingerprint density at radius 3 is 2.38 bits per heavy atom. The van der Waals surface area contributed by atoms with Gasteiger partial charge in [0.2, 0.25) is 5.78 Å². The second-order valence-corrected chi connectivity index (χ2v) is 6.85. The number of phenols is 1. The Kier molecular flexibility index (Phi) is 4.31. The highest BCUT2D eigenvalue weighted by Crippen LogP contribution is 2.36. The summed E-state index contributed by atoms with van der Waals surface area (Å²) in [5.74, 6) is -1.55. The third-order valence-corrected chi connectivity index (χ3v) is 4.89. The van der Waals surface area contributed by atoms with Crippen LogP contribution < -0.4 is 0 Å². The molecule has 0 saturated carbocycles. The minimum Gasteiger partial charge on any atom is -0.506 e. The molecule has 1 aliphatic rings. The van der Waals surface area contributed by atoms with Gasteiger partial charge in [-0.15, -0.1) is 0 Å². The Morgan fingerprint density at radius 2 is 1.79 bits per heavy atom. The maximum Gasteiger partial charge on any atom is 0.268 e. The number of allylic oxidation sites excluding steroid dienone is 1. The van der Waals surface area contributed by atoms with Crippen LogP contribution in [0.5, 0.6) is 5.75 Å². The number of carbonyl (C=O) groups excluding carboxylic acids is 3. The summed E-state index contributed by atoms with van der Waals surface area (Å²) < 4.78 is 6.20. The van der Waals surface area contributed by atoms with E-state index < -0.39 is 11.6 Å². The number of carbonyl (C=O) groups is 3. The molecular weight excluding hydrogens is 444 g/mol. The maximum atomic E-state index is 12.9. The van der Waals surface area contributed by atoms with Crippen molar-refractivity contribution in [2.45, 2.75) is 13.3 Å². The van der Waals surface area contributed by atoms with Gasteiger partial charge in [0.15, 0.2) is 11.5 Å². The second-order valence-electron chi connectivity index (χ2n) is 5.14. The van der Waals surface area contributed by atoms with E-state index in [0.717, 1.165) is 6.08 Å². The predicted molar refractivity (Wildman–Crippen MR) is 93.4 cm³/mol. The summed E-state index contributed by atoms with van der Waals surface area (Å²) in [6, 6.07) is 2.97. The lowest BCUT2D eigenvalue weighted by atomic mass is 9.93. The molecule has 2 aromatic rings. The van der Waals surface area contributed by atoms with Crippen molar-refractivity contribution in [2.75, 3.05) is 0 Å². The van der Waals surface area contributed by atoms with Gasteiger partial charge in [-0.2, -0.15) is 0 Å². The van der Waals surface area contributed by atoms with Gasteiger partial charge >= 0.3 is 0 Å². The highest BCUT2D eigenvalue weighted by Gasteiger charge is 2.32. The molecule has 0 fully saturated rings. The van der Waals surface area contributed by atoms with Crippen LogP contribution in [0.15, 0.2) is 31.6 Å². The third kappa shape index (κ3) is 2.57. The molecule has 5 nitrogen and oxygen atoms in total. The molecule has 0 atom stereocenters. The molecule has 0 unspecified atom stereocenters. The van der Waals surface area contributed by atoms with Gasteiger partial charge in [0.25, 0.3) is 5.78 Å². The van der Waals surface area contributed by atoms with Crippen LogP contribution in [0, 0.1) is 0 Å². The Bertz CT molecular complexity index is 914. The predicted octanol–water partition coefficient (Wildman–Crippen LogP) is 4.08. The van der Waals surface area contributed by atoms with Crippen molar-refractivity contribution in [3.8, 4) is 5.75 Å². The molecule has 122 valence electrons. The van der Waals surface area contributed by atoms with Gasteiger partial charge in [-0.25, -0.2) is 0 Å². The number of aryl methyl sites for hydroxylation is 1. The van der Waals surface area contributed by atoms with Gasteiger partial charge in [0, 0.05) is 17.5 Å². The van der Waals surface area contributed by atoms with E-state index in [4.69, 9.17) is 4.42 Å². The molecule has 1 N–H and O–H groups in total. The maximum absolute atomic E-state index is 12.9. The molecule has 7 heteroatoms. The monoisotopic (exact) mass is 452 g/mol. The molecule has 0 amide bonds. The van der Waals surface area contributed by atoms with E-state index in [-0.39, 0.29) is 22.9 Å². The molecule has 1 aromatic heterocycles. The molecule has 1 aliphatic carbocycles. The number of halogens is 2. The zero-order chi connectivity index (χ0) is 17.6. The van der Waals surface area contributed by atoms with Crippen LogP contribution in [0.4, 0.5) is 0 Å². The third-order valence-electron chi connectivity index (χ3n) is 3.68. The number of benzene rings is 1. The van der Waals surface area contributed by atoms with Gasteiger partial charge < -0.3 is 9.52 Å². The summed E-state index contributed by atoms with van der Waals surface area (Å²) in [6.45, 7) is 1.79. The first-order chi connectivity index (χ1) is 11.3. The normalized spacial score (nSPS) is 13.3. The largest absolute Gasteiger partial charge is 0.506 e. The molecule has 1 aromatic carbocycles. The molecule has 0 radical (unpaired) electrons. The lowest BCUT2D eigenvalue weighted by molar-refractivity contribution is -0.111. The zero-order valence-corrected chi connectivity index (χ0v) is 15.5. The van der Waals surface area contributed by atoms with Crippen molar-refractivity contribution < 1.29 is 23.9 Å². The van der Waals surface area contributed by atoms with Crippen molar-refractivity contribution in [2.24, 2.45) is 0 Å². The lowest BCUT2D eigenvalue weighted by Gasteiger charge is -2.07. The van der Waals surface area contributed by atoms with E-state index in [1.807, 2.05) is 0 Å². The molecule has 1 heterocycles. The lowest BCUT2D eigenvalue weighted by Crippen LogP contribution is -2.15. The van der Waals surface area contributed by atoms with Gasteiger partial charge in [0.05, 0.1) is 14.5 Å². The number of hydrogen-bond acceptors (Lipinski definition) is 5. The highest BCUT2D eigenvalue weighted by molar-refractivity contribution is 9.11. The Morgan fingerprint density at radius 1 is 1.17 bits per heavy atom. The summed E-state index contributed by atoms with van der Waals surface area (Å²) >= 11 is 6.38. The van der Waals surface area contributed by atoms with Crippen LogP contribution in [-0.2, 0) is 11.2 Å². The Balaban J connectivity index is 2.19. The summed E-state index contributed by atoms with van der Waals surface area (Å²) in [5, 5.41) is 9.78. The minimum absolute atomic E-state index is 0.0165. The number of aromatic hydroxyl groups is 1. The van der Waals surface area contributed by atoms with E-state index >= 15 is 0 Å². The van der Waals surface area contributed by atoms with Crippen LogP contribution in [-0.4, -0.2) is 22.5 Å². The van der Waals surface area contributed by atoms with Crippen molar-refractivity contribution in [3.63, 3.8) is 0 Å². The minimum atomic E-state index is -0.755. The van der Waals surface area contributed by atoms with Gasteiger partial charge in [-0.1, -0.05) is 6.92 Å². The Hall–Kier alpha value is -1.99. The molecule has 0 spiro atoms. The van der Waals surface area contributed by atoms with Gasteiger partial charge in [-0.3, -0.25) is 14.4 Å². The fourth-order valence-electron chi connectivity index (χ4n) is 2.51. The van der Waals surface area contributed by atoms with E-state index in [9.17, 15) is 19.5 Å². The van der Waals surface area contributed by atoms with Crippen molar-refractivity contribution in [3.05, 3.63) is 55.4 Å². The average molecular weight is 454 g/mol. The van der Waals surface area contributed by atoms with Gasteiger partial charge in [-0.05, 0) is 56.1 Å². The standard InChI is InChI=1S/C17H10Br2O5/c1-2-12-13(8-3-4-11(20)16(23)17(8)24-12)14(21)7-5-9(18)15(22)10(19)6-7/h3-6,22H,2H2,1H3. The van der Waals surface area contributed by atoms with Crippen LogP contribution in [0.25, 0.3) is 6.08 Å². The number of Topliss-reactive ketones (excluding diaryl/α,β-unsaturated/α-hetero) is 1. The summed E-state index contributed by atoms with van der Waals surface area (Å²) in [7, 11) is 0. The van der Waals surface area contributed by atoms with Crippen molar-refractivity contribution in [1.82, 2.24) is 0 Å². The fourth-order valence-corrected chi connectivity index (χ4v) is 3.69.